The van der Waals surface area contributed by atoms with Crippen LogP contribution >= 0.6 is 0 Å². The van der Waals surface area contributed by atoms with E-state index in [0.717, 1.165) is 25.1 Å². The maximum atomic E-state index is 13.2. The summed E-state index contributed by atoms with van der Waals surface area (Å²) in [7, 11) is 1.46. The first-order valence-corrected chi connectivity index (χ1v) is 9.64. The van der Waals surface area contributed by atoms with Crippen molar-refractivity contribution in [2.75, 3.05) is 19.0 Å². The monoisotopic (exact) mass is 352 g/mol. The molecular formula is C21H24N2O3. The van der Waals surface area contributed by atoms with Crippen LogP contribution in [0.2, 0.25) is 0 Å². The van der Waals surface area contributed by atoms with E-state index in [2.05, 4.69) is 35.3 Å². The second-order valence-corrected chi connectivity index (χ2v) is 8.65. The van der Waals surface area contributed by atoms with Gasteiger partial charge in [-0.1, -0.05) is 29.8 Å². The second-order valence-electron chi connectivity index (χ2n) is 8.65. The molecule has 8 atom stereocenters. The SMILES string of the molecule is C/C=C1/CN2[C@@H]3C[C@H]1[C@@]1(C(=O)OC)[C@H](O)[C@@]4(C[C@@H]21)c1ccccc1N[C@@H]34. The summed E-state index contributed by atoms with van der Waals surface area (Å²) in [5, 5.41) is 15.6. The van der Waals surface area contributed by atoms with Gasteiger partial charge in [-0.15, -0.1) is 0 Å². The number of para-hydroxylation sites is 1. The van der Waals surface area contributed by atoms with Crippen LogP contribution in [0.5, 0.6) is 0 Å². The predicted octanol–water partition coefficient (Wildman–Crippen LogP) is 1.68. The van der Waals surface area contributed by atoms with Gasteiger partial charge in [0.2, 0.25) is 0 Å². The van der Waals surface area contributed by atoms with Crippen LogP contribution in [0.15, 0.2) is 35.9 Å². The normalized spacial score (nSPS) is 50.5. The van der Waals surface area contributed by atoms with Crippen LogP contribution in [0.1, 0.15) is 25.3 Å². The molecule has 1 unspecified atom stereocenters. The van der Waals surface area contributed by atoms with Gasteiger partial charge in [-0.25, -0.2) is 0 Å². The Bertz CT molecular complexity index is 867. The Morgan fingerprint density at radius 2 is 2.23 bits per heavy atom. The Labute approximate surface area is 153 Å². The van der Waals surface area contributed by atoms with Gasteiger partial charge in [-0.05, 0) is 31.4 Å². The van der Waals surface area contributed by atoms with Crippen LogP contribution in [0.4, 0.5) is 5.69 Å². The van der Waals surface area contributed by atoms with Gasteiger partial charge in [0.05, 0.1) is 19.3 Å². The molecule has 26 heavy (non-hydrogen) atoms. The van der Waals surface area contributed by atoms with E-state index in [4.69, 9.17) is 4.74 Å². The predicted molar refractivity (Wildman–Crippen MR) is 96.7 cm³/mol. The molecule has 1 spiro atoms. The summed E-state index contributed by atoms with van der Waals surface area (Å²) in [5.74, 6) is -0.154. The largest absolute Gasteiger partial charge is 0.468 e. The first kappa shape index (κ1) is 15.2. The third-order valence-corrected chi connectivity index (χ3v) is 8.30. The van der Waals surface area contributed by atoms with Crippen molar-refractivity contribution >= 4 is 11.7 Å². The van der Waals surface area contributed by atoms with Crippen molar-refractivity contribution in [3.63, 3.8) is 0 Å². The lowest BCUT2D eigenvalue weighted by Gasteiger charge is -2.60. The number of esters is 1. The van der Waals surface area contributed by atoms with E-state index in [9.17, 15) is 9.90 Å². The van der Waals surface area contributed by atoms with E-state index >= 15 is 0 Å². The zero-order chi connectivity index (χ0) is 17.8. The summed E-state index contributed by atoms with van der Waals surface area (Å²) >= 11 is 0. The summed E-state index contributed by atoms with van der Waals surface area (Å²) in [6.07, 6.45) is 3.15. The van der Waals surface area contributed by atoms with Crippen LogP contribution in [0.3, 0.4) is 0 Å². The average Bonchev–Trinajstić information content (AvgIpc) is 3.13. The number of piperidine rings is 4. The number of allylic oxidation sites excluding steroid dienone is 1. The van der Waals surface area contributed by atoms with Crippen LogP contribution in [-0.4, -0.2) is 53.9 Å². The minimum Gasteiger partial charge on any atom is -0.468 e. The molecule has 2 N–H and O–H groups in total. The van der Waals surface area contributed by atoms with E-state index in [0.29, 0.717) is 6.04 Å². The number of nitrogens with one attached hydrogen (secondary N) is 1. The molecule has 5 heterocycles. The van der Waals surface area contributed by atoms with Crippen molar-refractivity contribution in [2.24, 2.45) is 11.3 Å². The second kappa shape index (κ2) is 4.52. The number of aliphatic hydroxyl groups is 1. The fraction of sp³-hybridized carbons (Fsp3) is 0.571. The summed E-state index contributed by atoms with van der Waals surface area (Å²) in [6.45, 7) is 2.96. The zero-order valence-electron chi connectivity index (χ0n) is 15.1. The molecule has 7 rings (SSSR count). The Morgan fingerprint density at radius 1 is 1.42 bits per heavy atom. The third kappa shape index (κ3) is 1.28. The van der Waals surface area contributed by atoms with Gasteiger partial charge in [0.25, 0.3) is 0 Å². The molecule has 5 heteroatoms. The maximum Gasteiger partial charge on any atom is 0.316 e. The van der Waals surface area contributed by atoms with E-state index in [1.54, 1.807) is 0 Å². The average molecular weight is 352 g/mol. The summed E-state index contributed by atoms with van der Waals surface area (Å²) in [6, 6.07) is 8.89. The van der Waals surface area contributed by atoms with Crippen molar-refractivity contribution < 1.29 is 14.6 Å². The number of carbonyl (C=O) groups excluding carboxylic acids is 1. The van der Waals surface area contributed by atoms with E-state index in [1.165, 1.54) is 18.2 Å². The molecule has 1 aromatic carbocycles. The maximum absolute atomic E-state index is 13.2. The Hall–Kier alpha value is -1.85. The number of hydrogen-bond donors (Lipinski definition) is 2. The molecule has 136 valence electrons. The molecule has 6 aliphatic rings. The van der Waals surface area contributed by atoms with Gasteiger partial charge in [-0.2, -0.15) is 0 Å². The Balaban J connectivity index is 1.65. The summed E-state index contributed by atoms with van der Waals surface area (Å²) < 4.78 is 5.34. The molecule has 5 fully saturated rings. The smallest absolute Gasteiger partial charge is 0.316 e. The highest BCUT2D eigenvalue weighted by molar-refractivity contribution is 5.84. The lowest BCUT2D eigenvalue weighted by Crippen LogP contribution is -2.71. The summed E-state index contributed by atoms with van der Waals surface area (Å²) in [5.41, 5.74) is 2.34. The number of anilines is 1. The Kier molecular flexibility index (Phi) is 2.65. The van der Waals surface area contributed by atoms with Crippen molar-refractivity contribution in [1.29, 1.82) is 0 Å². The molecule has 0 amide bonds. The molecule has 1 saturated carbocycles. The number of ether oxygens (including phenoxy) is 1. The third-order valence-electron chi connectivity index (χ3n) is 8.30. The van der Waals surface area contributed by atoms with Crippen molar-refractivity contribution in [2.45, 2.75) is 49.4 Å². The first-order chi connectivity index (χ1) is 12.6. The van der Waals surface area contributed by atoms with Gasteiger partial charge < -0.3 is 15.2 Å². The van der Waals surface area contributed by atoms with Gasteiger partial charge in [0, 0.05) is 35.6 Å². The highest BCUT2D eigenvalue weighted by Crippen LogP contribution is 2.71. The minimum atomic E-state index is -0.848. The standard InChI is InChI=1S/C21H24N2O3/c1-3-11-10-23-15-8-13(11)21(19(25)26-2)16(23)9-20(18(21)24)12-6-4-5-7-14(12)22-17(15)20/h3-7,13,15-18,22,24H,8-10H2,1-2H3/b11-3-/t13-,15-,16-,17+,18-,20+,21+/m1/s1. The first-order valence-electron chi connectivity index (χ1n) is 9.64. The highest BCUT2D eigenvalue weighted by Gasteiger charge is 2.82. The molecular weight excluding hydrogens is 328 g/mol. The van der Waals surface area contributed by atoms with Crippen molar-refractivity contribution in [3.8, 4) is 0 Å². The number of benzene rings is 1. The molecule has 1 aliphatic carbocycles. The molecule has 0 radical (unpaired) electrons. The van der Waals surface area contributed by atoms with Gasteiger partial charge in [0.1, 0.15) is 5.41 Å². The lowest BCUT2D eigenvalue weighted by atomic mass is 9.58. The molecule has 4 saturated heterocycles. The topological polar surface area (TPSA) is 61.8 Å². The quantitative estimate of drug-likeness (QED) is 0.595. The number of methoxy groups -OCH3 is 1. The number of carbonyl (C=O) groups is 1. The van der Waals surface area contributed by atoms with Crippen LogP contribution in [0.25, 0.3) is 0 Å². The van der Waals surface area contributed by atoms with Crippen LogP contribution < -0.4 is 5.32 Å². The van der Waals surface area contributed by atoms with Crippen LogP contribution in [-0.2, 0) is 14.9 Å². The number of aliphatic hydroxyl groups excluding tert-OH is 1. The summed E-state index contributed by atoms with van der Waals surface area (Å²) in [4.78, 5) is 15.7. The van der Waals surface area contributed by atoms with E-state index in [1.807, 2.05) is 12.1 Å². The van der Waals surface area contributed by atoms with Crippen LogP contribution in [0, 0.1) is 11.3 Å². The molecule has 1 aromatic rings. The lowest BCUT2D eigenvalue weighted by molar-refractivity contribution is -0.179. The van der Waals surface area contributed by atoms with Gasteiger partial charge in [-0.3, -0.25) is 9.69 Å². The number of fused-ring (bicyclic) bond motifs is 2. The fourth-order valence-electron chi connectivity index (χ4n) is 7.49. The fourth-order valence-corrected chi connectivity index (χ4v) is 7.49. The molecule has 5 nitrogen and oxygen atoms in total. The number of nitrogens with zero attached hydrogens (tertiary/aromatic N) is 1. The van der Waals surface area contributed by atoms with Crippen molar-refractivity contribution in [3.05, 3.63) is 41.5 Å². The number of rotatable bonds is 1. The van der Waals surface area contributed by atoms with Gasteiger partial charge in [0.15, 0.2) is 0 Å². The van der Waals surface area contributed by atoms with E-state index in [-0.39, 0.29) is 24.0 Å². The van der Waals surface area contributed by atoms with Gasteiger partial charge >= 0.3 is 5.97 Å². The Morgan fingerprint density at radius 3 is 3.00 bits per heavy atom. The van der Waals surface area contributed by atoms with E-state index < -0.39 is 16.9 Å². The zero-order valence-corrected chi connectivity index (χ0v) is 15.1. The highest BCUT2D eigenvalue weighted by atomic mass is 16.5. The molecule has 0 aromatic heterocycles. The minimum absolute atomic E-state index is 0.0570. The number of hydrogen-bond acceptors (Lipinski definition) is 5. The molecule has 5 bridgehead atoms. The molecule has 5 aliphatic heterocycles. The van der Waals surface area contributed by atoms with Crippen molar-refractivity contribution in [1.82, 2.24) is 4.90 Å².